The van der Waals surface area contributed by atoms with Crippen LogP contribution in [0.4, 0.5) is 10.5 Å². The summed E-state index contributed by atoms with van der Waals surface area (Å²) in [6, 6.07) is 21.1. The molecule has 2 aliphatic heterocycles. The molecule has 3 aromatic carbocycles. The first kappa shape index (κ1) is 28.9. The van der Waals surface area contributed by atoms with E-state index in [4.69, 9.17) is 4.74 Å². The van der Waals surface area contributed by atoms with Crippen LogP contribution in [-0.4, -0.2) is 46.8 Å². The number of nitrogens with one attached hydrogen (secondary N) is 2. The van der Waals surface area contributed by atoms with E-state index in [0.717, 1.165) is 16.7 Å². The van der Waals surface area contributed by atoms with E-state index in [0.29, 0.717) is 41.4 Å². The number of ether oxygens (including phenoxy) is 1. The maximum Gasteiger partial charge on any atom is 0.322 e. The number of benzene rings is 3. The van der Waals surface area contributed by atoms with Crippen molar-refractivity contribution in [3.05, 3.63) is 101 Å². The fourth-order valence-corrected chi connectivity index (χ4v) is 5.83. The second kappa shape index (κ2) is 12.1. The van der Waals surface area contributed by atoms with Gasteiger partial charge >= 0.3 is 6.03 Å². The summed E-state index contributed by atoms with van der Waals surface area (Å²) in [6.07, 6.45) is 0.488. The molecule has 5 rings (SSSR count). The molecule has 0 radical (unpaired) electrons. The van der Waals surface area contributed by atoms with Crippen molar-refractivity contribution in [2.75, 3.05) is 18.4 Å². The minimum Gasteiger partial charge on any atom is -0.457 e. The van der Waals surface area contributed by atoms with Gasteiger partial charge in [-0.3, -0.25) is 14.5 Å². The molecular formula is C34H38N4O4. The Kier molecular flexibility index (Phi) is 8.34. The summed E-state index contributed by atoms with van der Waals surface area (Å²) < 4.78 is 6.04. The zero-order valence-corrected chi connectivity index (χ0v) is 24.8. The van der Waals surface area contributed by atoms with Crippen LogP contribution < -0.4 is 15.4 Å². The number of rotatable bonds is 9. The highest BCUT2D eigenvalue weighted by atomic mass is 16.5. The molecule has 0 aromatic heterocycles. The van der Waals surface area contributed by atoms with Crippen LogP contribution >= 0.6 is 0 Å². The fourth-order valence-electron chi connectivity index (χ4n) is 5.83. The van der Waals surface area contributed by atoms with Crippen molar-refractivity contribution in [1.29, 1.82) is 0 Å². The first-order valence-corrected chi connectivity index (χ1v) is 14.5. The predicted molar refractivity (Wildman–Crippen MR) is 163 cm³/mol. The second-order valence-electron chi connectivity index (χ2n) is 11.4. The zero-order chi connectivity index (χ0) is 30.0. The summed E-state index contributed by atoms with van der Waals surface area (Å²) in [7, 11) is 0. The van der Waals surface area contributed by atoms with Gasteiger partial charge in [0.15, 0.2) is 0 Å². The van der Waals surface area contributed by atoms with Crippen LogP contribution in [0.25, 0.3) is 0 Å². The Morgan fingerprint density at radius 2 is 1.67 bits per heavy atom. The highest BCUT2D eigenvalue weighted by Gasteiger charge is 2.47. The van der Waals surface area contributed by atoms with Crippen LogP contribution in [0, 0.1) is 19.8 Å². The first-order valence-electron chi connectivity index (χ1n) is 14.5. The Bertz CT molecular complexity index is 1510. The molecule has 4 amide bonds. The average Bonchev–Trinajstić information content (AvgIpc) is 3.27. The van der Waals surface area contributed by atoms with Gasteiger partial charge in [0.05, 0.1) is 23.9 Å². The van der Waals surface area contributed by atoms with Crippen molar-refractivity contribution in [2.24, 2.45) is 5.92 Å². The molecule has 0 bridgehead atoms. The zero-order valence-electron chi connectivity index (χ0n) is 24.8. The fraction of sp³-hybridized carbons (Fsp3) is 0.324. The SMILES string of the molecule is CCN1C(=O)N[C@H](c2cccc(Oc3ccccc3)c2)C2=C1CN([C@H](CC(C)C)C(=O)Nc1cc(C)cc(C)c1)C2=O. The van der Waals surface area contributed by atoms with Crippen molar-refractivity contribution in [3.8, 4) is 11.5 Å². The summed E-state index contributed by atoms with van der Waals surface area (Å²) >= 11 is 0. The molecule has 8 nitrogen and oxygen atoms in total. The summed E-state index contributed by atoms with van der Waals surface area (Å²) in [6.45, 7) is 10.5. The van der Waals surface area contributed by atoms with Gasteiger partial charge in [-0.05, 0) is 86.2 Å². The number of carbonyl (C=O) groups excluding carboxylic acids is 3. The van der Waals surface area contributed by atoms with E-state index in [9.17, 15) is 14.4 Å². The van der Waals surface area contributed by atoms with Crippen LogP contribution in [-0.2, 0) is 9.59 Å². The normalized spacial score (nSPS) is 17.3. The summed E-state index contributed by atoms with van der Waals surface area (Å²) in [4.78, 5) is 44.5. The summed E-state index contributed by atoms with van der Waals surface area (Å²) in [5, 5.41) is 6.09. The van der Waals surface area contributed by atoms with E-state index in [1.165, 1.54) is 0 Å². The van der Waals surface area contributed by atoms with Gasteiger partial charge in [-0.15, -0.1) is 0 Å². The third-order valence-electron chi connectivity index (χ3n) is 7.60. The molecule has 0 unspecified atom stereocenters. The molecule has 2 heterocycles. The third-order valence-corrected chi connectivity index (χ3v) is 7.60. The lowest BCUT2D eigenvalue weighted by atomic mass is 9.95. The van der Waals surface area contributed by atoms with E-state index >= 15 is 0 Å². The van der Waals surface area contributed by atoms with Gasteiger partial charge in [0.2, 0.25) is 5.91 Å². The van der Waals surface area contributed by atoms with Crippen LogP contribution in [0.1, 0.15) is 49.9 Å². The van der Waals surface area contributed by atoms with Gasteiger partial charge in [-0.25, -0.2) is 4.79 Å². The van der Waals surface area contributed by atoms with Crippen molar-refractivity contribution in [3.63, 3.8) is 0 Å². The first-order chi connectivity index (χ1) is 20.1. The van der Waals surface area contributed by atoms with Gasteiger partial charge in [0.25, 0.3) is 5.91 Å². The standard InChI is InChI=1S/C34H38N4O4/c1-6-37-29-20-38(28(15-21(2)3)32(39)35-25-17-22(4)16-23(5)18-25)33(40)30(29)31(36-34(37)41)24-11-10-14-27(19-24)42-26-12-8-7-9-13-26/h7-14,16-19,21,28,31H,6,15,20H2,1-5H3,(H,35,39)(H,36,41)/t28-,31-/m1/s1. The largest absolute Gasteiger partial charge is 0.457 e. The number of likely N-dealkylation sites (N-methyl/N-ethyl adjacent to an activating group) is 1. The molecule has 0 spiro atoms. The maximum absolute atomic E-state index is 14.2. The molecule has 2 aliphatic rings. The number of aryl methyl sites for hydroxylation is 2. The number of urea groups is 1. The highest BCUT2D eigenvalue weighted by molar-refractivity contribution is 6.05. The Hall–Kier alpha value is -4.59. The number of para-hydroxylation sites is 1. The highest BCUT2D eigenvalue weighted by Crippen LogP contribution is 2.39. The number of amides is 4. The van der Waals surface area contributed by atoms with Gasteiger partial charge in [0, 0.05) is 12.2 Å². The number of carbonyl (C=O) groups is 3. The Morgan fingerprint density at radius 1 is 0.976 bits per heavy atom. The summed E-state index contributed by atoms with van der Waals surface area (Å²) in [5.74, 6) is 0.966. The van der Waals surface area contributed by atoms with Gasteiger partial charge < -0.3 is 20.3 Å². The van der Waals surface area contributed by atoms with Crippen molar-refractivity contribution in [2.45, 2.75) is 53.1 Å². The minimum absolute atomic E-state index is 0.162. The van der Waals surface area contributed by atoms with Crippen LogP contribution in [0.3, 0.4) is 0 Å². The average molecular weight is 567 g/mol. The maximum atomic E-state index is 14.2. The molecule has 42 heavy (non-hydrogen) atoms. The number of nitrogens with zero attached hydrogens (tertiary/aromatic N) is 2. The third kappa shape index (κ3) is 6.03. The Labute approximate surface area is 247 Å². The van der Waals surface area contributed by atoms with E-state index in [1.54, 1.807) is 9.80 Å². The lowest BCUT2D eigenvalue weighted by Gasteiger charge is -2.33. The molecule has 0 aliphatic carbocycles. The number of anilines is 1. The van der Waals surface area contributed by atoms with Gasteiger partial charge in [-0.2, -0.15) is 0 Å². The monoisotopic (exact) mass is 566 g/mol. The van der Waals surface area contributed by atoms with Crippen molar-refractivity contribution in [1.82, 2.24) is 15.1 Å². The molecule has 0 saturated heterocycles. The topological polar surface area (TPSA) is 91.0 Å². The smallest absolute Gasteiger partial charge is 0.322 e. The molecule has 0 fully saturated rings. The van der Waals surface area contributed by atoms with Crippen molar-refractivity contribution >= 4 is 23.5 Å². The van der Waals surface area contributed by atoms with Crippen LogP contribution in [0.5, 0.6) is 11.5 Å². The Morgan fingerprint density at radius 3 is 2.33 bits per heavy atom. The molecule has 8 heteroatoms. The lowest BCUT2D eigenvalue weighted by Crippen LogP contribution is -2.47. The predicted octanol–water partition coefficient (Wildman–Crippen LogP) is 6.33. The number of hydrogen-bond acceptors (Lipinski definition) is 4. The van der Waals surface area contributed by atoms with E-state index < -0.39 is 12.1 Å². The Balaban J connectivity index is 1.47. The molecule has 2 N–H and O–H groups in total. The van der Waals surface area contributed by atoms with E-state index in [2.05, 4.69) is 10.6 Å². The molecule has 218 valence electrons. The van der Waals surface area contributed by atoms with Gasteiger partial charge in [-0.1, -0.05) is 50.2 Å². The minimum atomic E-state index is -0.703. The van der Waals surface area contributed by atoms with E-state index in [-0.39, 0.29) is 30.3 Å². The molecule has 0 saturated carbocycles. The molecule has 3 aromatic rings. The molecular weight excluding hydrogens is 528 g/mol. The quantitative estimate of drug-likeness (QED) is 0.317. The summed E-state index contributed by atoms with van der Waals surface area (Å²) in [5.41, 5.74) is 4.65. The number of hydrogen-bond donors (Lipinski definition) is 2. The van der Waals surface area contributed by atoms with Crippen molar-refractivity contribution < 1.29 is 19.1 Å². The van der Waals surface area contributed by atoms with Crippen LogP contribution in [0.15, 0.2) is 84.1 Å². The van der Waals surface area contributed by atoms with E-state index in [1.807, 2.05) is 107 Å². The second-order valence-corrected chi connectivity index (χ2v) is 11.4. The molecule has 2 atom stereocenters. The van der Waals surface area contributed by atoms with Gasteiger partial charge in [0.1, 0.15) is 17.5 Å². The lowest BCUT2D eigenvalue weighted by molar-refractivity contribution is -0.134. The van der Waals surface area contributed by atoms with Crippen LogP contribution in [0.2, 0.25) is 0 Å².